The molecule has 0 saturated carbocycles. The van der Waals surface area contributed by atoms with Crippen LogP contribution < -0.4 is 0 Å². The molecule has 208 valence electrons. The predicted octanol–water partition coefficient (Wildman–Crippen LogP) is -1.06. The normalized spacial score (nSPS) is 19.0. The van der Waals surface area contributed by atoms with Crippen LogP contribution in [-0.4, -0.2) is 146 Å². The van der Waals surface area contributed by atoms with Crippen LogP contribution in [0.1, 0.15) is 22.0 Å². The van der Waals surface area contributed by atoms with Crippen LogP contribution >= 0.6 is 7.60 Å². The van der Waals surface area contributed by atoms with Gasteiger partial charge in [-0.05, 0) is 11.6 Å². The van der Waals surface area contributed by atoms with E-state index in [9.17, 15) is 49.2 Å². The maximum absolute atomic E-state index is 11.6. The van der Waals surface area contributed by atoms with Crippen molar-refractivity contribution in [1.29, 1.82) is 0 Å². The zero-order valence-corrected chi connectivity index (χ0v) is 21.3. The fourth-order valence-corrected chi connectivity index (χ4v) is 4.99. The number of hydrogen-bond donors (Lipinski definition) is 6. The van der Waals surface area contributed by atoms with E-state index in [4.69, 9.17) is 0 Å². The summed E-state index contributed by atoms with van der Waals surface area (Å²) in [6.45, 7) is 1.24. The average molecular weight is 547 g/mol. The zero-order valence-electron chi connectivity index (χ0n) is 20.4. The van der Waals surface area contributed by atoms with Crippen molar-refractivity contribution in [2.75, 3.05) is 78.3 Å². The Kier molecular flexibility index (Phi) is 12.1. The summed E-state index contributed by atoms with van der Waals surface area (Å²) >= 11 is 0. The fraction of sp³-hybridized carbons (Fsp3) is 0.591. The van der Waals surface area contributed by atoms with E-state index in [1.807, 2.05) is 4.90 Å². The van der Waals surface area contributed by atoms with E-state index in [0.29, 0.717) is 13.1 Å². The van der Waals surface area contributed by atoms with Gasteiger partial charge in [-0.25, -0.2) is 4.79 Å². The Hall–Kier alpha value is -2.42. The summed E-state index contributed by atoms with van der Waals surface area (Å²) in [6.07, 6.45) is -1.68. The second-order valence-corrected chi connectivity index (χ2v) is 10.6. The van der Waals surface area contributed by atoms with Gasteiger partial charge in [0.2, 0.25) is 0 Å². The largest absolute Gasteiger partial charge is 0.480 e. The molecule has 1 fully saturated rings. The second kappa shape index (κ2) is 14.5. The lowest BCUT2D eigenvalue weighted by atomic mass is 10.0. The van der Waals surface area contributed by atoms with Crippen LogP contribution in [0.5, 0.6) is 0 Å². The molecule has 0 aromatic heterocycles. The van der Waals surface area contributed by atoms with Crippen LogP contribution in [0.3, 0.4) is 0 Å². The number of β-amino-alcohol motifs (C(OH)–C–C–N with tert-alkyl or cyclic N) is 1. The smallest absolute Gasteiger partial charge is 0.339 e. The molecule has 15 heteroatoms. The number of aromatic carboxylic acids is 1. The quantitative estimate of drug-likeness (QED) is 0.194. The number of carboxylic acid groups (broad SMARTS) is 3. The number of aliphatic carboxylic acids is 2. The van der Waals surface area contributed by atoms with Crippen molar-refractivity contribution in [3.05, 3.63) is 35.4 Å². The molecule has 0 bridgehead atoms. The Morgan fingerprint density at radius 1 is 0.757 bits per heavy atom. The third kappa shape index (κ3) is 11.7. The minimum absolute atomic E-state index is 0.0329. The highest BCUT2D eigenvalue weighted by atomic mass is 31.2. The summed E-state index contributed by atoms with van der Waals surface area (Å²) in [5.41, 5.74) is 0.202. The molecule has 1 aromatic carbocycles. The van der Waals surface area contributed by atoms with Gasteiger partial charge in [0.15, 0.2) is 0 Å². The third-order valence-electron chi connectivity index (χ3n) is 6.01. The molecule has 1 atom stereocenters. The Morgan fingerprint density at radius 3 is 1.62 bits per heavy atom. The molecule has 1 aliphatic rings. The average Bonchev–Trinajstić information content (AvgIpc) is 2.79. The van der Waals surface area contributed by atoms with E-state index < -0.39 is 37.9 Å². The topological polar surface area (TPSA) is 203 Å². The third-order valence-corrected chi connectivity index (χ3v) is 6.78. The molecule has 0 amide bonds. The number of benzene rings is 1. The molecule has 1 unspecified atom stereocenters. The Morgan fingerprint density at radius 2 is 1.19 bits per heavy atom. The molecule has 0 aliphatic carbocycles. The molecule has 0 spiro atoms. The van der Waals surface area contributed by atoms with Gasteiger partial charge in [-0.2, -0.15) is 0 Å². The fourth-order valence-electron chi connectivity index (χ4n) is 4.19. The van der Waals surface area contributed by atoms with Crippen molar-refractivity contribution in [2.24, 2.45) is 0 Å². The highest BCUT2D eigenvalue weighted by molar-refractivity contribution is 7.51. The Balaban J connectivity index is 2.24. The van der Waals surface area contributed by atoms with Crippen LogP contribution in [0, 0.1) is 0 Å². The lowest BCUT2D eigenvalue weighted by molar-refractivity contribution is -0.139. The second-order valence-electron chi connectivity index (χ2n) is 8.97. The Bertz CT molecular complexity index is 943. The van der Waals surface area contributed by atoms with Crippen LogP contribution in [0.15, 0.2) is 24.3 Å². The number of nitrogens with zero attached hydrogens (tertiary/aromatic N) is 4. The molecule has 37 heavy (non-hydrogen) atoms. The van der Waals surface area contributed by atoms with Crippen molar-refractivity contribution >= 4 is 25.5 Å². The minimum atomic E-state index is -4.39. The molecule has 14 nitrogen and oxygen atoms in total. The lowest BCUT2D eigenvalue weighted by Crippen LogP contribution is -2.48. The lowest BCUT2D eigenvalue weighted by Gasteiger charge is -2.34. The highest BCUT2D eigenvalue weighted by Crippen LogP contribution is 2.34. The summed E-state index contributed by atoms with van der Waals surface area (Å²) in [6, 6.07) is 6.09. The van der Waals surface area contributed by atoms with Crippen molar-refractivity contribution in [3.8, 4) is 0 Å². The first-order chi connectivity index (χ1) is 17.3. The summed E-state index contributed by atoms with van der Waals surface area (Å²) in [7, 11) is -4.39. The number of aliphatic hydroxyl groups excluding tert-OH is 1. The van der Waals surface area contributed by atoms with Crippen LogP contribution in [0.2, 0.25) is 0 Å². The maximum atomic E-state index is 11.6. The van der Waals surface area contributed by atoms with Gasteiger partial charge in [-0.3, -0.25) is 33.8 Å². The Labute approximate surface area is 214 Å². The van der Waals surface area contributed by atoms with E-state index in [2.05, 4.69) is 0 Å². The molecule has 2 rings (SSSR count). The molecule has 1 heterocycles. The molecule has 1 saturated heterocycles. The predicted molar refractivity (Wildman–Crippen MR) is 131 cm³/mol. The molecular weight excluding hydrogens is 511 g/mol. The van der Waals surface area contributed by atoms with E-state index in [1.54, 1.807) is 21.9 Å². The number of carboxylic acids is 3. The summed E-state index contributed by atoms with van der Waals surface area (Å²) in [5.74, 6) is -3.31. The molecule has 1 aliphatic heterocycles. The number of carbonyl (C=O) groups is 3. The number of aliphatic hydroxyl groups is 1. The number of rotatable bonds is 10. The van der Waals surface area contributed by atoms with Crippen molar-refractivity contribution in [2.45, 2.75) is 6.10 Å². The molecule has 1 aromatic rings. The van der Waals surface area contributed by atoms with E-state index in [1.165, 1.54) is 17.0 Å². The molecule has 0 radical (unpaired) electrons. The summed E-state index contributed by atoms with van der Waals surface area (Å²) in [5, 5.41) is 38.9. The van der Waals surface area contributed by atoms with Crippen LogP contribution in [0.25, 0.3) is 0 Å². The van der Waals surface area contributed by atoms with E-state index in [0.717, 1.165) is 0 Å². The van der Waals surface area contributed by atoms with Gasteiger partial charge >= 0.3 is 25.5 Å². The highest BCUT2D eigenvalue weighted by Gasteiger charge is 2.25. The van der Waals surface area contributed by atoms with Gasteiger partial charge in [0.1, 0.15) is 6.29 Å². The molecule has 6 N–H and O–H groups in total. The first-order valence-electron chi connectivity index (χ1n) is 11.7. The van der Waals surface area contributed by atoms with Gasteiger partial charge in [0.05, 0.1) is 24.8 Å². The van der Waals surface area contributed by atoms with Crippen molar-refractivity contribution in [3.63, 3.8) is 0 Å². The maximum Gasteiger partial charge on any atom is 0.339 e. The molecular formula is C22H35N4O10P. The van der Waals surface area contributed by atoms with Gasteiger partial charge < -0.3 is 30.2 Å². The van der Waals surface area contributed by atoms with Gasteiger partial charge in [0.25, 0.3) is 0 Å². The minimum Gasteiger partial charge on any atom is -0.480 e. The zero-order chi connectivity index (χ0) is 27.6. The first-order valence-corrected chi connectivity index (χ1v) is 13.5. The monoisotopic (exact) mass is 546 g/mol. The van der Waals surface area contributed by atoms with Gasteiger partial charge in [0, 0.05) is 58.9 Å². The van der Waals surface area contributed by atoms with Crippen molar-refractivity contribution < 1.29 is 49.2 Å². The van der Waals surface area contributed by atoms with Gasteiger partial charge in [-0.1, -0.05) is 18.2 Å². The van der Waals surface area contributed by atoms with Gasteiger partial charge in [-0.15, -0.1) is 0 Å². The first kappa shape index (κ1) is 30.8. The standard InChI is InChI=1S/C22H35N4O10P/c27-19(17-3-1-2-4-18(17)22(32)33)13-23-5-7-24(14-20(28)29)9-11-26(16-37(34,35)36)12-10-25(8-6-23)15-21(30)31/h1-4,19,27H,5-16H2,(H,28,29)(H,30,31)(H,32,33)(H2,34,35,36). The van der Waals surface area contributed by atoms with E-state index in [-0.39, 0.29) is 70.0 Å². The van der Waals surface area contributed by atoms with Crippen LogP contribution in [-0.2, 0) is 14.2 Å². The van der Waals surface area contributed by atoms with Crippen LogP contribution in [0.4, 0.5) is 0 Å². The van der Waals surface area contributed by atoms with Crippen molar-refractivity contribution in [1.82, 2.24) is 19.6 Å². The summed E-state index contributed by atoms with van der Waals surface area (Å²) < 4.78 is 11.6. The van der Waals surface area contributed by atoms with E-state index >= 15 is 0 Å². The number of hydrogen-bond acceptors (Lipinski definition) is 9. The summed E-state index contributed by atoms with van der Waals surface area (Å²) in [4.78, 5) is 59.8. The SMILES string of the molecule is O=C(O)CN1CCN(CC(O)c2ccccc2C(=O)O)CCN(CC(=O)O)CCN(CP(=O)(O)O)CC1.